The largest absolute Gasteiger partial charge is 0.336 e. The molecule has 2 aromatic rings. The van der Waals surface area contributed by atoms with Crippen molar-refractivity contribution in [3.05, 3.63) is 59.1 Å². The van der Waals surface area contributed by atoms with Crippen molar-refractivity contribution in [2.75, 3.05) is 32.7 Å². The van der Waals surface area contributed by atoms with Crippen LogP contribution in [-0.4, -0.2) is 64.7 Å². The van der Waals surface area contributed by atoms with Crippen molar-refractivity contribution >= 4 is 37.6 Å². The summed E-state index contributed by atoms with van der Waals surface area (Å²) >= 11 is 6.03. The van der Waals surface area contributed by atoms with Gasteiger partial charge in [0.05, 0.1) is 9.92 Å². The van der Waals surface area contributed by atoms with Crippen molar-refractivity contribution in [2.24, 2.45) is 0 Å². The Hall–Kier alpha value is -1.98. The Kier molecular flexibility index (Phi) is 6.83. The van der Waals surface area contributed by atoms with Gasteiger partial charge in [-0.05, 0) is 36.4 Å². The summed E-state index contributed by atoms with van der Waals surface area (Å²) in [4.78, 5) is 14.4. The maximum Gasteiger partial charge on any atom is 0.253 e. The fourth-order valence-corrected chi connectivity index (χ4v) is 6.11. The maximum atomic E-state index is 12.8. The number of nitrogens with zero attached hydrogens (tertiary/aromatic N) is 2. The minimum atomic E-state index is -3.74. The molecule has 2 aromatic carbocycles. The molecular weight excluding hydrogens is 450 g/mol. The number of amides is 1. The first kappa shape index (κ1) is 22.7. The summed E-state index contributed by atoms with van der Waals surface area (Å²) in [5.41, 5.74) is 0.341. The lowest BCUT2D eigenvalue weighted by Crippen LogP contribution is -2.50. The summed E-state index contributed by atoms with van der Waals surface area (Å²) in [6, 6.07) is 11.9. The molecule has 1 saturated heterocycles. The molecule has 162 valence electrons. The number of carbonyl (C=O) groups is 1. The number of hydrogen-bond acceptors (Lipinski definition) is 5. The van der Waals surface area contributed by atoms with Crippen LogP contribution in [0, 0.1) is 0 Å². The van der Waals surface area contributed by atoms with E-state index in [1.165, 1.54) is 40.7 Å². The standard InChI is InChI=1S/C19H22ClN3O5S2/c1-2-21-29(25,26)16-9-7-15(8-10-16)19(24)22-11-13-23(14-12-22)30(27,28)18-6-4-3-5-17(18)20/h3-10,21H,2,11-14H2,1H3. The fraction of sp³-hybridized carbons (Fsp3) is 0.316. The smallest absolute Gasteiger partial charge is 0.253 e. The molecule has 0 atom stereocenters. The Morgan fingerprint density at radius 3 is 2.13 bits per heavy atom. The number of piperazine rings is 1. The van der Waals surface area contributed by atoms with Gasteiger partial charge in [-0.15, -0.1) is 0 Å². The molecule has 1 aliphatic heterocycles. The lowest BCUT2D eigenvalue weighted by atomic mass is 10.2. The van der Waals surface area contributed by atoms with E-state index in [1.54, 1.807) is 24.0 Å². The Balaban J connectivity index is 1.68. The van der Waals surface area contributed by atoms with Gasteiger partial charge in [0.2, 0.25) is 20.0 Å². The van der Waals surface area contributed by atoms with Crippen molar-refractivity contribution in [2.45, 2.75) is 16.7 Å². The van der Waals surface area contributed by atoms with E-state index in [9.17, 15) is 21.6 Å². The van der Waals surface area contributed by atoms with Gasteiger partial charge in [-0.1, -0.05) is 30.7 Å². The van der Waals surface area contributed by atoms with Gasteiger partial charge in [0, 0.05) is 38.3 Å². The molecular formula is C19H22ClN3O5S2. The maximum absolute atomic E-state index is 12.8. The highest BCUT2D eigenvalue weighted by Gasteiger charge is 2.31. The fourth-order valence-electron chi connectivity index (χ4n) is 3.16. The SMILES string of the molecule is CCNS(=O)(=O)c1ccc(C(=O)N2CCN(S(=O)(=O)c3ccccc3Cl)CC2)cc1. The summed E-state index contributed by atoms with van der Waals surface area (Å²) in [7, 11) is -7.33. The Morgan fingerprint density at radius 2 is 1.57 bits per heavy atom. The second kappa shape index (κ2) is 9.03. The van der Waals surface area contributed by atoms with Gasteiger partial charge in [-0.2, -0.15) is 4.31 Å². The molecule has 0 unspecified atom stereocenters. The predicted octanol–water partition coefficient (Wildman–Crippen LogP) is 1.78. The molecule has 8 nitrogen and oxygen atoms in total. The number of hydrogen-bond donors (Lipinski definition) is 1. The molecule has 0 spiro atoms. The topological polar surface area (TPSA) is 104 Å². The van der Waals surface area contributed by atoms with Crippen LogP contribution in [0.2, 0.25) is 5.02 Å². The highest BCUT2D eigenvalue weighted by Crippen LogP contribution is 2.25. The van der Waals surface area contributed by atoms with Crippen LogP contribution in [-0.2, 0) is 20.0 Å². The lowest BCUT2D eigenvalue weighted by molar-refractivity contribution is 0.0698. The second-order valence-corrected chi connectivity index (χ2v) is 10.7. The van der Waals surface area contributed by atoms with Crippen LogP contribution in [0.25, 0.3) is 0 Å². The quantitative estimate of drug-likeness (QED) is 0.691. The molecule has 1 aliphatic rings. The van der Waals surface area contributed by atoms with E-state index < -0.39 is 20.0 Å². The van der Waals surface area contributed by atoms with Crippen LogP contribution in [0.3, 0.4) is 0 Å². The highest BCUT2D eigenvalue weighted by atomic mass is 35.5. The third-order valence-electron chi connectivity index (χ3n) is 4.73. The van der Waals surface area contributed by atoms with E-state index in [0.29, 0.717) is 5.56 Å². The van der Waals surface area contributed by atoms with Crippen LogP contribution in [0.5, 0.6) is 0 Å². The molecule has 30 heavy (non-hydrogen) atoms. The van der Waals surface area contributed by atoms with Gasteiger partial charge in [0.1, 0.15) is 4.90 Å². The zero-order valence-electron chi connectivity index (χ0n) is 16.3. The molecule has 1 heterocycles. The molecule has 1 fully saturated rings. The number of rotatable bonds is 6. The lowest BCUT2D eigenvalue weighted by Gasteiger charge is -2.34. The number of sulfonamides is 2. The van der Waals surface area contributed by atoms with E-state index >= 15 is 0 Å². The molecule has 3 rings (SSSR count). The monoisotopic (exact) mass is 471 g/mol. The van der Waals surface area contributed by atoms with E-state index in [1.807, 2.05) is 0 Å². The molecule has 0 radical (unpaired) electrons. The minimum absolute atomic E-state index is 0.0453. The molecule has 0 bridgehead atoms. The molecule has 1 amide bonds. The van der Waals surface area contributed by atoms with E-state index in [2.05, 4.69) is 4.72 Å². The van der Waals surface area contributed by atoms with Gasteiger partial charge in [0.25, 0.3) is 5.91 Å². The van der Waals surface area contributed by atoms with E-state index in [-0.39, 0.29) is 53.4 Å². The van der Waals surface area contributed by atoms with Crippen LogP contribution in [0.15, 0.2) is 58.3 Å². The molecule has 11 heteroatoms. The first-order valence-electron chi connectivity index (χ1n) is 9.30. The van der Waals surface area contributed by atoms with Gasteiger partial charge in [-0.3, -0.25) is 4.79 Å². The molecule has 0 saturated carbocycles. The summed E-state index contributed by atoms with van der Waals surface area (Å²) in [5, 5.41) is 0.156. The van der Waals surface area contributed by atoms with Crippen molar-refractivity contribution < 1.29 is 21.6 Å². The van der Waals surface area contributed by atoms with Crippen molar-refractivity contribution in [1.82, 2.24) is 13.9 Å². The third-order valence-corrected chi connectivity index (χ3v) is 8.69. The van der Waals surface area contributed by atoms with Crippen molar-refractivity contribution in [3.8, 4) is 0 Å². The Morgan fingerprint density at radius 1 is 0.967 bits per heavy atom. The summed E-state index contributed by atoms with van der Waals surface area (Å²) in [5.74, 6) is -0.280. The van der Waals surface area contributed by atoms with E-state index in [4.69, 9.17) is 11.6 Å². The number of carbonyl (C=O) groups excluding carboxylic acids is 1. The van der Waals surface area contributed by atoms with E-state index in [0.717, 1.165) is 0 Å². The molecule has 0 aliphatic carbocycles. The molecule has 1 N–H and O–H groups in total. The van der Waals surface area contributed by atoms with Crippen LogP contribution >= 0.6 is 11.6 Å². The normalized spacial score (nSPS) is 15.9. The minimum Gasteiger partial charge on any atom is -0.336 e. The summed E-state index contributed by atoms with van der Waals surface area (Å²) in [6.07, 6.45) is 0. The van der Waals surface area contributed by atoms with Crippen molar-refractivity contribution in [1.29, 1.82) is 0 Å². The average Bonchev–Trinajstić information content (AvgIpc) is 2.73. The van der Waals surface area contributed by atoms with Crippen molar-refractivity contribution in [3.63, 3.8) is 0 Å². The van der Waals surface area contributed by atoms with Gasteiger partial charge < -0.3 is 4.90 Å². The highest BCUT2D eigenvalue weighted by molar-refractivity contribution is 7.89. The summed E-state index contributed by atoms with van der Waals surface area (Å²) < 4.78 is 53.3. The Labute approximate surface area is 181 Å². The first-order valence-corrected chi connectivity index (χ1v) is 12.6. The number of nitrogens with one attached hydrogen (secondary N) is 1. The zero-order valence-corrected chi connectivity index (χ0v) is 18.7. The second-order valence-electron chi connectivity index (χ2n) is 6.65. The van der Waals surface area contributed by atoms with Crippen LogP contribution in [0.1, 0.15) is 17.3 Å². The first-order chi connectivity index (χ1) is 14.2. The van der Waals surface area contributed by atoms with Crippen LogP contribution in [0.4, 0.5) is 0 Å². The number of benzene rings is 2. The third kappa shape index (κ3) is 4.68. The predicted molar refractivity (Wildman–Crippen MR) is 113 cm³/mol. The van der Waals surface area contributed by atoms with Gasteiger partial charge >= 0.3 is 0 Å². The van der Waals surface area contributed by atoms with Gasteiger partial charge in [-0.25, -0.2) is 21.6 Å². The van der Waals surface area contributed by atoms with Gasteiger partial charge in [0.15, 0.2) is 0 Å². The molecule has 0 aromatic heterocycles. The Bertz CT molecular complexity index is 1130. The zero-order chi connectivity index (χ0) is 21.9. The average molecular weight is 472 g/mol. The van der Waals surface area contributed by atoms with Crippen LogP contribution < -0.4 is 4.72 Å². The number of halogens is 1. The summed E-state index contributed by atoms with van der Waals surface area (Å²) in [6.45, 7) is 2.68.